The van der Waals surface area contributed by atoms with Crippen molar-refractivity contribution in [1.82, 2.24) is 0 Å². The molecular weight excluding hydrogens is 422 g/mol. The molecule has 3 rings (SSSR count). The molecule has 1 saturated heterocycles. The SMILES string of the molecule is CCOC(=O)c1ccc(N2C(=O)/C(=C/c3ccc(OCC)c(OC)c3)SC2=S)cc1. The number of nitrogens with zero attached hydrogens (tertiary/aromatic N) is 1. The van der Waals surface area contributed by atoms with Gasteiger partial charge in [0, 0.05) is 0 Å². The molecule has 1 amide bonds. The summed E-state index contributed by atoms with van der Waals surface area (Å²) in [6.45, 7) is 4.48. The second kappa shape index (κ2) is 9.77. The fraction of sp³-hybridized carbons (Fsp3) is 0.227. The van der Waals surface area contributed by atoms with E-state index in [2.05, 4.69) is 0 Å². The van der Waals surface area contributed by atoms with E-state index in [1.807, 2.05) is 25.1 Å². The van der Waals surface area contributed by atoms with Crippen LogP contribution >= 0.6 is 24.0 Å². The monoisotopic (exact) mass is 443 g/mol. The van der Waals surface area contributed by atoms with Crippen LogP contribution in [0.2, 0.25) is 0 Å². The molecule has 8 heteroatoms. The maximum Gasteiger partial charge on any atom is 0.338 e. The Bertz CT molecular complexity index is 1000. The Morgan fingerprint density at radius 2 is 1.83 bits per heavy atom. The molecule has 0 atom stereocenters. The van der Waals surface area contributed by atoms with Crippen molar-refractivity contribution < 1.29 is 23.8 Å². The predicted octanol–water partition coefficient (Wildman–Crippen LogP) is 4.68. The van der Waals surface area contributed by atoms with Crippen molar-refractivity contribution in [2.75, 3.05) is 25.2 Å². The van der Waals surface area contributed by atoms with Crippen molar-refractivity contribution in [3.8, 4) is 11.5 Å². The summed E-state index contributed by atoms with van der Waals surface area (Å²) in [5.41, 5.74) is 1.81. The lowest BCUT2D eigenvalue weighted by molar-refractivity contribution is -0.113. The van der Waals surface area contributed by atoms with Gasteiger partial charge in [0.05, 0.1) is 36.5 Å². The van der Waals surface area contributed by atoms with E-state index < -0.39 is 5.97 Å². The first kappa shape index (κ1) is 21.9. The second-order valence-corrected chi connectivity index (χ2v) is 7.80. The molecule has 0 bridgehead atoms. The molecule has 2 aromatic rings. The third kappa shape index (κ3) is 4.66. The highest BCUT2D eigenvalue weighted by Crippen LogP contribution is 2.37. The van der Waals surface area contributed by atoms with Crippen LogP contribution < -0.4 is 14.4 Å². The Hall–Kier alpha value is -2.84. The number of carbonyl (C=O) groups excluding carboxylic acids is 2. The summed E-state index contributed by atoms with van der Waals surface area (Å²) < 4.78 is 16.3. The first-order valence-electron chi connectivity index (χ1n) is 9.34. The Balaban J connectivity index is 1.83. The van der Waals surface area contributed by atoms with E-state index in [0.29, 0.717) is 45.2 Å². The molecule has 156 valence electrons. The zero-order valence-corrected chi connectivity index (χ0v) is 18.5. The largest absolute Gasteiger partial charge is 0.493 e. The molecule has 0 N–H and O–H groups in total. The van der Waals surface area contributed by atoms with Crippen LogP contribution in [0, 0.1) is 0 Å². The smallest absolute Gasteiger partial charge is 0.338 e. The van der Waals surface area contributed by atoms with Gasteiger partial charge >= 0.3 is 5.97 Å². The van der Waals surface area contributed by atoms with Crippen LogP contribution in [-0.2, 0) is 9.53 Å². The topological polar surface area (TPSA) is 65.1 Å². The number of thioether (sulfide) groups is 1. The Morgan fingerprint density at radius 1 is 1.10 bits per heavy atom. The molecule has 0 saturated carbocycles. The lowest BCUT2D eigenvalue weighted by Crippen LogP contribution is -2.27. The van der Waals surface area contributed by atoms with Crippen molar-refractivity contribution in [2.24, 2.45) is 0 Å². The van der Waals surface area contributed by atoms with E-state index in [-0.39, 0.29) is 5.91 Å². The first-order valence-corrected chi connectivity index (χ1v) is 10.6. The Labute approximate surface area is 184 Å². The summed E-state index contributed by atoms with van der Waals surface area (Å²) in [6.07, 6.45) is 1.77. The number of hydrogen-bond acceptors (Lipinski definition) is 7. The van der Waals surface area contributed by atoms with Crippen LogP contribution in [-0.4, -0.2) is 36.5 Å². The first-order chi connectivity index (χ1) is 14.5. The van der Waals surface area contributed by atoms with Crippen LogP contribution in [0.1, 0.15) is 29.8 Å². The molecular formula is C22H21NO5S2. The van der Waals surface area contributed by atoms with Gasteiger partial charge in [-0.15, -0.1) is 0 Å². The summed E-state index contributed by atoms with van der Waals surface area (Å²) >= 11 is 6.64. The number of rotatable bonds is 7. The fourth-order valence-electron chi connectivity index (χ4n) is 2.85. The molecule has 1 heterocycles. The van der Waals surface area contributed by atoms with Gasteiger partial charge in [-0.25, -0.2) is 4.79 Å². The predicted molar refractivity (Wildman–Crippen MR) is 122 cm³/mol. The zero-order valence-electron chi connectivity index (χ0n) is 16.8. The van der Waals surface area contributed by atoms with Gasteiger partial charge in [0.1, 0.15) is 0 Å². The van der Waals surface area contributed by atoms with Crippen LogP contribution in [0.3, 0.4) is 0 Å². The van der Waals surface area contributed by atoms with Crippen LogP contribution in [0.15, 0.2) is 47.4 Å². The molecule has 1 aliphatic heterocycles. The summed E-state index contributed by atoms with van der Waals surface area (Å²) in [5.74, 6) is 0.613. The number of carbonyl (C=O) groups is 2. The van der Waals surface area contributed by atoms with Crippen molar-refractivity contribution in [3.63, 3.8) is 0 Å². The summed E-state index contributed by atoms with van der Waals surface area (Å²) in [5, 5.41) is 0. The molecule has 2 aromatic carbocycles. The number of hydrogen-bond donors (Lipinski definition) is 0. The number of anilines is 1. The Kier molecular flexibility index (Phi) is 7.12. The van der Waals surface area contributed by atoms with E-state index in [1.54, 1.807) is 44.4 Å². The normalized spacial score (nSPS) is 14.9. The van der Waals surface area contributed by atoms with Gasteiger partial charge in [0.25, 0.3) is 5.91 Å². The van der Waals surface area contributed by atoms with E-state index >= 15 is 0 Å². The van der Waals surface area contributed by atoms with Crippen molar-refractivity contribution in [1.29, 1.82) is 0 Å². The molecule has 1 aliphatic rings. The third-order valence-corrected chi connectivity index (χ3v) is 5.52. The minimum atomic E-state index is -0.404. The molecule has 30 heavy (non-hydrogen) atoms. The molecule has 0 aliphatic carbocycles. The minimum absolute atomic E-state index is 0.221. The molecule has 0 aromatic heterocycles. The fourth-order valence-corrected chi connectivity index (χ4v) is 4.15. The van der Waals surface area contributed by atoms with Crippen molar-refractivity contribution >= 4 is 51.9 Å². The van der Waals surface area contributed by atoms with Crippen molar-refractivity contribution in [2.45, 2.75) is 13.8 Å². The highest BCUT2D eigenvalue weighted by Gasteiger charge is 2.33. The number of benzene rings is 2. The maximum atomic E-state index is 13.0. The molecule has 0 radical (unpaired) electrons. The average Bonchev–Trinajstić information content (AvgIpc) is 3.02. The standard InChI is InChI=1S/C22H21NO5S2/c1-4-27-17-11-6-14(12-18(17)26-3)13-19-20(24)23(22(29)30-19)16-9-7-15(8-10-16)21(25)28-5-2/h6-13H,4-5H2,1-3H3/b19-13-. The minimum Gasteiger partial charge on any atom is -0.493 e. The van der Waals surface area contributed by atoms with E-state index in [0.717, 1.165) is 5.56 Å². The van der Waals surface area contributed by atoms with Gasteiger partial charge in [0.2, 0.25) is 0 Å². The van der Waals surface area contributed by atoms with Gasteiger partial charge in [-0.3, -0.25) is 9.69 Å². The maximum absolute atomic E-state index is 13.0. The highest BCUT2D eigenvalue weighted by molar-refractivity contribution is 8.27. The second-order valence-electron chi connectivity index (χ2n) is 6.13. The van der Waals surface area contributed by atoms with Gasteiger partial charge in [-0.1, -0.05) is 30.0 Å². The average molecular weight is 444 g/mol. The number of methoxy groups -OCH3 is 1. The zero-order chi connectivity index (χ0) is 21.7. The van der Waals surface area contributed by atoms with Gasteiger partial charge in [-0.05, 0) is 61.9 Å². The molecule has 6 nitrogen and oxygen atoms in total. The van der Waals surface area contributed by atoms with E-state index in [1.165, 1.54) is 16.7 Å². The number of thiocarbonyl (C=S) groups is 1. The summed E-state index contributed by atoms with van der Waals surface area (Å²) in [6, 6.07) is 12.1. The highest BCUT2D eigenvalue weighted by atomic mass is 32.2. The van der Waals surface area contributed by atoms with Crippen LogP contribution in [0.25, 0.3) is 6.08 Å². The quantitative estimate of drug-likeness (QED) is 0.350. The number of ether oxygens (including phenoxy) is 3. The lowest BCUT2D eigenvalue weighted by atomic mass is 10.1. The molecule has 0 spiro atoms. The van der Waals surface area contributed by atoms with Crippen molar-refractivity contribution in [3.05, 3.63) is 58.5 Å². The Morgan fingerprint density at radius 3 is 2.47 bits per heavy atom. The lowest BCUT2D eigenvalue weighted by Gasteiger charge is -2.14. The van der Waals surface area contributed by atoms with E-state index in [9.17, 15) is 9.59 Å². The van der Waals surface area contributed by atoms with Gasteiger partial charge in [-0.2, -0.15) is 0 Å². The third-order valence-electron chi connectivity index (χ3n) is 4.22. The molecule has 1 fully saturated rings. The van der Waals surface area contributed by atoms with Gasteiger partial charge < -0.3 is 14.2 Å². The number of esters is 1. The van der Waals surface area contributed by atoms with Crippen LogP contribution in [0.5, 0.6) is 11.5 Å². The van der Waals surface area contributed by atoms with Crippen LogP contribution in [0.4, 0.5) is 5.69 Å². The number of amides is 1. The van der Waals surface area contributed by atoms with E-state index in [4.69, 9.17) is 26.4 Å². The summed E-state index contributed by atoms with van der Waals surface area (Å²) in [7, 11) is 1.57. The molecule has 0 unspecified atom stereocenters. The van der Waals surface area contributed by atoms with Gasteiger partial charge in [0.15, 0.2) is 15.8 Å². The summed E-state index contributed by atoms with van der Waals surface area (Å²) in [4.78, 5) is 26.7.